The molecule has 7 heteroatoms. The number of carbonyl (C=O) groups is 4. The van der Waals surface area contributed by atoms with Crippen LogP contribution in [0.3, 0.4) is 0 Å². The van der Waals surface area contributed by atoms with Gasteiger partial charge in [0.15, 0.2) is 0 Å². The predicted molar refractivity (Wildman–Crippen MR) is 86.6 cm³/mol. The van der Waals surface area contributed by atoms with Gasteiger partial charge in [0, 0.05) is 37.0 Å². The van der Waals surface area contributed by atoms with Crippen LogP contribution in [0.15, 0.2) is 0 Å². The molecule has 3 aliphatic heterocycles. The van der Waals surface area contributed by atoms with Gasteiger partial charge in [0.2, 0.25) is 5.60 Å². The Balaban J connectivity index is 1.84. The highest BCUT2D eigenvalue weighted by molar-refractivity contribution is 6.03. The van der Waals surface area contributed by atoms with Crippen molar-refractivity contribution in [3.8, 4) is 0 Å². The first-order valence-electron chi connectivity index (χ1n) is 9.31. The van der Waals surface area contributed by atoms with Gasteiger partial charge in [0.25, 0.3) is 0 Å². The molecule has 5 aliphatic rings. The van der Waals surface area contributed by atoms with Gasteiger partial charge in [-0.05, 0) is 19.3 Å². The summed E-state index contributed by atoms with van der Waals surface area (Å²) in [6.07, 6.45) is -0.342. The average molecular weight is 364 g/mol. The summed E-state index contributed by atoms with van der Waals surface area (Å²) < 4.78 is 11.0. The number of fused-ring (bicyclic) bond motifs is 3. The number of hydrogen-bond acceptors (Lipinski definition) is 7. The van der Waals surface area contributed by atoms with Gasteiger partial charge in [-0.1, -0.05) is 13.8 Å². The van der Waals surface area contributed by atoms with E-state index in [1.807, 2.05) is 6.92 Å². The summed E-state index contributed by atoms with van der Waals surface area (Å²) >= 11 is 0. The van der Waals surface area contributed by atoms with Crippen LogP contribution < -0.4 is 0 Å². The van der Waals surface area contributed by atoms with E-state index in [9.17, 15) is 24.3 Å². The van der Waals surface area contributed by atoms with Crippen LogP contribution in [0, 0.1) is 29.6 Å². The third kappa shape index (κ3) is 2.03. The summed E-state index contributed by atoms with van der Waals surface area (Å²) in [7, 11) is 0. The minimum atomic E-state index is -1.60. The molecular formula is C19H24O7. The van der Waals surface area contributed by atoms with Gasteiger partial charge >= 0.3 is 11.9 Å². The molecule has 3 heterocycles. The van der Waals surface area contributed by atoms with Crippen LogP contribution in [0.1, 0.15) is 46.5 Å². The Morgan fingerprint density at radius 3 is 2.46 bits per heavy atom. The Labute approximate surface area is 151 Å². The Morgan fingerprint density at radius 2 is 1.77 bits per heavy atom. The first-order chi connectivity index (χ1) is 12.1. The van der Waals surface area contributed by atoms with Crippen LogP contribution in [0.2, 0.25) is 0 Å². The van der Waals surface area contributed by atoms with Crippen molar-refractivity contribution in [1.82, 2.24) is 0 Å². The summed E-state index contributed by atoms with van der Waals surface area (Å²) in [4.78, 5) is 50.7. The molecule has 1 N–H and O–H groups in total. The number of hydrogen-bond donors (Lipinski definition) is 1. The number of Topliss-reactive ketones (excluding diaryl/α,β-unsaturated/α-hetero) is 2. The molecule has 0 aromatic heterocycles. The molecule has 2 saturated carbocycles. The Morgan fingerprint density at radius 1 is 1.08 bits per heavy atom. The zero-order valence-electron chi connectivity index (χ0n) is 15.2. The lowest BCUT2D eigenvalue weighted by atomic mass is 9.52. The average Bonchev–Trinajstić information content (AvgIpc) is 2.55. The van der Waals surface area contributed by atoms with Crippen LogP contribution in [0.4, 0.5) is 0 Å². The molecule has 8 unspecified atom stereocenters. The van der Waals surface area contributed by atoms with E-state index in [1.54, 1.807) is 13.8 Å². The van der Waals surface area contributed by atoms with Gasteiger partial charge in [-0.2, -0.15) is 0 Å². The first-order valence-corrected chi connectivity index (χ1v) is 9.31. The maximum Gasteiger partial charge on any atom is 0.351 e. The molecule has 26 heavy (non-hydrogen) atoms. The molecule has 0 aromatic rings. The number of esters is 2. The second-order valence-electron chi connectivity index (χ2n) is 8.68. The molecular weight excluding hydrogens is 340 g/mol. The second kappa shape index (κ2) is 5.38. The molecule has 3 saturated heterocycles. The SMILES string of the molecule is CC1CCC(=O)C2C(=O)OC34CC(C)C(C)(OC3=O)C(O)C4C2CC1=O. The Kier molecular flexibility index (Phi) is 3.65. The van der Waals surface area contributed by atoms with Crippen molar-refractivity contribution in [3.63, 3.8) is 0 Å². The zero-order chi connectivity index (χ0) is 19.0. The molecule has 2 bridgehead atoms. The van der Waals surface area contributed by atoms with Gasteiger partial charge in [0.1, 0.15) is 29.2 Å². The van der Waals surface area contributed by atoms with Gasteiger partial charge < -0.3 is 14.6 Å². The van der Waals surface area contributed by atoms with Crippen LogP contribution in [-0.4, -0.2) is 45.9 Å². The third-order valence-corrected chi connectivity index (χ3v) is 7.30. The molecule has 7 nitrogen and oxygen atoms in total. The Hall–Kier alpha value is -1.76. The fourth-order valence-corrected chi connectivity index (χ4v) is 5.44. The number of aliphatic hydroxyl groups is 1. The highest BCUT2D eigenvalue weighted by Gasteiger charge is 2.75. The molecule has 5 fully saturated rings. The standard InChI is InChI=1S/C19H24O7/c1-8-4-5-11(20)13-10(6-12(8)21)14-15(22)18(3)9(2)7-19(14,17(24)26-18)25-16(13)23/h8-10,13-15,22H,4-7H2,1-3H3. The minimum absolute atomic E-state index is 0.00606. The minimum Gasteiger partial charge on any atom is -0.453 e. The highest BCUT2D eigenvalue weighted by Crippen LogP contribution is 2.59. The van der Waals surface area contributed by atoms with Crippen LogP contribution in [0.25, 0.3) is 0 Å². The van der Waals surface area contributed by atoms with Crippen molar-refractivity contribution in [2.75, 3.05) is 0 Å². The lowest BCUT2D eigenvalue weighted by Gasteiger charge is -2.63. The van der Waals surface area contributed by atoms with Crippen molar-refractivity contribution < 1.29 is 33.8 Å². The molecule has 0 amide bonds. The van der Waals surface area contributed by atoms with E-state index in [-0.39, 0.29) is 42.7 Å². The topological polar surface area (TPSA) is 107 Å². The second-order valence-corrected chi connectivity index (χ2v) is 8.68. The fraction of sp³-hybridized carbons (Fsp3) is 0.789. The number of ketones is 2. The van der Waals surface area contributed by atoms with Crippen LogP contribution in [-0.2, 0) is 28.7 Å². The lowest BCUT2D eigenvalue weighted by Crippen LogP contribution is -2.78. The predicted octanol–water partition coefficient (Wildman–Crippen LogP) is 0.805. The normalized spacial score (nSPS) is 50.9. The molecule has 0 aromatic carbocycles. The van der Waals surface area contributed by atoms with Crippen molar-refractivity contribution in [1.29, 1.82) is 0 Å². The Bertz CT molecular complexity index is 715. The summed E-state index contributed by atoms with van der Waals surface area (Å²) in [6, 6.07) is 0. The summed E-state index contributed by atoms with van der Waals surface area (Å²) in [5, 5.41) is 11.1. The van der Waals surface area contributed by atoms with Crippen molar-refractivity contribution in [3.05, 3.63) is 0 Å². The van der Waals surface area contributed by atoms with Gasteiger partial charge in [-0.3, -0.25) is 14.4 Å². The molecule has 1 spiro atoms. The lowest BCUT2D eigenvalue weighted by molar-refractivity contribution is -0.305. The monoisotopic (exact) mass is 364 g/mol. The molecule has 2 aliphatic carbocycles. The smallest absolute Gasteiger partial charge is 0.351 e. The van der Waals surface area contributed by atoms with E-state index in [2.05, 4.69) is 0 Å². The molecule has 0 radical (unpaired) electrons. The van der Waals surface area contributed by atoms with Gasteiger partial charge in [0.05, 0.1) is 0 Å². The summed E-state index contributed by atoms with van der Waals surface area (Å²) in [6.45, 7) is 5.28. The maximum atomic E-state index is 12.7. The quantitative estimate of drug-likeness (QED) is 0.500. The molecule has 5 rings (SSSR count). The van der Waals surface area contributed by atoms with Crippen molar-refractivity contribution >= 4 is 23.5 Å². The van der Waals surface area contributed by atoms with Crippen molar-refractivity contribution in [2.45, 2.75) is 63.8 Å². The van der Waals surface area contributed by atoms with E-state index in [4.69, 9.17) is 9.47 Å². The van der Waals surface area contributed by atoms with Gasteiger partial charge in [-0.25, -0.2) is 4.79 Å². The fourth-order valence-electron chi connectivity index (χ4n) is 5.44. The van der Waals surface area contributed by atoms with E-state index >= 15 is 0 Å². The number of aliphatic hydroxyl groups excluding tert-OH is 1. The summed E-state index contributed by atoms with van der Waals surface area (Å²) in [5.41, 5.74) is -2.71. The van der Waals surface area contributed by atoms with E-state index in [0.29, 0.717) is 6.42 Å². The first kappa shape index (κ1) is 17.6. The number of carbonyl (C=O) groups excluding carboxylic acids is 4. The van der Waals surface area contributed by atoms with Crippen LogP contribution >= 0.6 is 0 Å². The van der Waals surface area contributed by atoms with Crippen molar-refractivity contribution in [2.24, 2.45) is 29.6 Å². The third-order valence-electron chi connectivity index (χ3n) is 7.30. The van der Waals surface area contributed by atoms with E-state index in [1.165, 1.54) is 0 Å². The zero-order valence-corrected chi connectivity index (χ0v) is 15.2. The number of rotatable bonds is 0. The van der Waals surface area contributed by atoms with E-state index < -0.39 is 47.0 Å². The van der Waals surface area contributed by atoms with Crippen LogP contribution in [0.5, 0.6) is 0 Å². The largest absolute Gasteiger partial charge is 0.453 e. The summed E-state index contributed by atoms with van der Waals surface area (Å²) in [5.74, 6) is -4.87. The van der Waals surface area contributed by atoms with Gasteiger partial charge in [-0.15, -0.1) is 0 Å². The highest BCUT2D eigenvalue weighted by atomic mass is 16.6. The van der Waals surface area contributed by atoms with E-state index in [0.717, 1.165) is 0 Å². The molecule has 142 valence electrons. The maximum absolute atomic E-state index is 12.7. The number of ether oxygens (including phenoxy) is 2. The molecule has 8 atom stereocenters.